The number of carbonyl (C=O) groups excluding carboxylic acids is 1. The van der Waals surface area contributed by atoms with Crippen molar-refractivity contribution in [1.82, 2.24) is 14.4 Å². The van der Waals surface area contributed by atoms with Crippen molar-refractivity contribution in [3.8, 4) is 0 Å². The van der Waals surface area contributed by atoms with Crippen LogP contribution in [-0.2, 0) is 14.8 Å². The Hall–Kier alpha value is -2.23. The molecule has 1 aromatic carbocycles. The molecule has 0 radical (unpaired) electrons. The molecular weight excluding hydrogens is 368 g/mol. The van der Waals surface area contributed by atoms with Gasteiger partial charge in [-0.2, -0.15) is 4.31 Å². The molecule has 146 valence electrons. The minimum Gasteiger partial charge on any atom is -0.360 e. The van der Waals surface area contributed by atoms with E-state index in [4.69, 9.17) is 4.52 Å². The zero-order valence-electron chi connectivity index (χ0n) is 15.5. The molecule has 0 atom stereocenters. The fraction of sp³-hybridized carbons (Fsp3) is 0.444. The number of carbonyl (C=O) groups is 1. The highest BCUT2D eigenvalue weighted by Gasteiger charge is 2.28. The van der Waals surface area contributed by atoms with Gasteiger partial charge < -0.3 is 14.7 Å². The minimum atomic E-state index is -3.47. The van der Waals surface area contributed by atoms with E-state index in [2.05, 4.69) is 15.4 Å². The van der Waals surface area contributed by atoms with Crippen LogP contribution < -0.4 is 5.32 Å². The molecule has 1 aromatic heterocycles. The molecule has 2 heterocycles. The second kappa shape index (κ2) is 8.20. The van der Waals surface area contributed by atoms with Gasteiger partial charge in [-0.05, 0) is 31.5 Å². The molecule has 0 spiro atoms. The normalized spacial score (nSPS) is 16.4. The summed E-state index contributed by atoms with van der Waals surface area (Å²) in [7, 11) is -3.47. The summed E-state index contributed by atoms with van der Waals surface area (Å²) in [4.78, 5) is 14.4. The number of rotatable bonds is 6. The third kappa shape index (κ3) is 4.94. The number of hydrogen-bond donors (Lipinski definition) is 1. The van der Waals surface area contributed by atoms with Crippen LogP contribution in [0.15, 0.2) is 39.8 Å². The third-order valence-electron chi connectivity index (χ3n) is 4.51. The van der Waals surface area contributed by atoms with E-state index in [0.29, 0.717) is 55.6 Å². The number of benzene rings is 1. The smallest absolute Gasteiger partial charge is 0.243 e. The van der Waals surface area contributed by atoms with Crippen molar-refractivity contribution in [3.63, 3.8) is 0 Å². The van der Waals surface area contributed by atoms with Gasteiger partial charge in [-0.15, -0.1) is 0 Å². The monoisotopic (exact) mass is 392 g/mol. The predicted molar refractivity (Wildman–Crippen MR) is 101 cm³/mol. The van der Waals surface area contributed by atoms with Crippen LogP contribution in [0.4, 0.5) is 5.82 Å². The number of amides is 1. The molecule has 1 saturated heterocycles. The second-order valence-electron chi connectivity index (χ2n) is 6.68. The van der Waals surface area contributed by atoms with E-state index in [1.165, 1.54) is 4.31 Å². The van der Waals surface area contributed by atoms with Crippen molar-refractivity contribution in [2.45, 2.75) is 25.2 Å². The molecule has 1 amide bonds. The number of anilines is 1. The van der Waals surface area contributed by atoms with Crippen LogP contribution in [-0.4, -0.2) is 61.4 Å². The first-order chi connectivity index (χ1) is 12.8. The van der Waals surface area contributed by atoms with E-state index in [1.54, 1.807) is 31.2 Å². The van der Waals surface area contributed by atoms with Crippen LogP contribution >= 0.6 is 0 Å². The molecule has 2 aromatic rings. The number of hydrogen-bond acceptors (Lipinski definition) is 6. The molecule has 3 rings (SSSR count). The van der Waals surface area contributed by atoms with Gasteiger partial charge in [0.25, 0.3) is 0 Å². The molecule has 1 N–H and O–H groups in total. The Morgan fingerprint density at radius 2 is 1.93 bits per heavy atom. The molecule has 27 heavy (non-hydrogen) atoms. The number of nitrogens with zero attached hydrogens (tertiary/aromatic N) is 3. The van der Waals surface area contributed by atoms with Gasteiger partial charge in [0.05, 0.1) is 4.90 Å². The molecule has 1 aliphatic heterocycles. The van der Waals surface area contributed by atoms with Gasteiger partial charge in [-0.1, -0.05) is 17.3 Å². The maximum absolute atomic E-state index is 12.7. The van der Waals surface area contributed by atoms with E-state index in [9.17, 15) is 13.2 Å². The van der Waals surface area contributed by atoms with Crippen molar-refractivity contribution in [2.75, 3.05) is 38.0 Å². The Balaban J connectivity index is 1.48. The van der Waals surface area contributed by atoms with Crippen molar-refractivity contribution in [3.05, 3.63) is 41.7 Å². The van der Waals surface area contributed by atoms with E-state index in [1.807, 2.05) is 13.0 Å². The maximum Gasteiger partial charge on any atom is 0.243 e. The van der Waals surface area contributed by atoms with Gasteiger partial charge in [0.15, 0.2) is 5.82 Å². The lowest BCUT2D eigenvalue weighted by atomic mass is 10.2. The standard InChI is InChI=1S/C18H24N4O4S/c1-14-4-3-5-16(12-14)27(24,25)22-10-8-21(9-11-22)7-6-18(23)19-17-13-15(2)26-20-17/h3-5,12-13H,6-11H2,1-2H3,(H,19,20,23). The summed E-state index contributed by atoms with van der Waals surface area (Å²) >= 11 is 0. The van der Waals surface area contributed by atoms with Gasteiger partial charge in [0.2, 0.25) is 15.9 Å². The minimum absolute atomic E-state index is 0.141. The maximum atomic E-state index is 12.7. The zero-order chi connectivity index (χ0) is 19.4. The summed E-state index contributed by atoms with van der Waals surface area (Å²) < 4.78 is 31.9. The van der Waals surface area contributed by atoms with Crippen molar-refractivity contribution >= 4 is 21.7 Å². The van der Waals surface area contributed by atoms with Crippen molar-refractivity contribution < 1.29 is 17.7 Å². The number of aryl methyl sites for hydroxylation is 2. The number of sulfonamides is 1. The first kappa shape index (κ1) is 19.5. The van der Waals surface area contributed by atoms with Gasteiger partial charge in [0, 0.05) is 45.2 Å². The Morgan fingerprint density at radius 3 is 2.56 bits per heavy atom. The highest BCUT2D eigenvalue weighted by molar-refractivity contribution is 7.89. The van der Waals surface area contributed by atoms with E-state index in [-0.39, 0.29) is 5.91 Å². The van der Waals surface area contributed by atoms with Gasteiger partial charge in [-0.25, -0.2) is 8.42 Å². The summed E-state index contributed by atoms with van der Waals surface area (Å²) in [5, 5.41) is 6.41. The average molecular weight is 392 g/mol. The lowest BCUT2D eigenvalue weighted by molar-refractivity contribution is -0.116. The summed E-state index contributed by atoms with van der Waals surface area (Å²) in [5.41, 5.74) is 0.919. The number of nitrogens with one attached hydrogen (secondary N) is 1. The van der Waals surface area contributed by atoms with Crippen LogP contribution in [0, 0.1) is 13.8 Å². The summed E-state index contributed by atoms with van der Waals surface area (Å²) in [6.07, 6.45) is 0.316. The molecule has 9 heteroatoms. The van der Waals surface area contributed by atoms with Gasteiger partial charge in [0.1, 0.15) is 5.76 Å². The van der Waals surface area contributed by atoms with Gasteiger partial charge >= 0.3 is 0 Å². The Labute approximate surface area is 159 Å². The Bertz CT molecular complexity index is 902. The fourth-order valence-corrected chi connectivity index (χ4v) is 4.54. The third-order valence-corrected chi connectivity index (χ3v) is 6.40. The fourth-order valence-electron chi connectivity index (χ4n) is 3.01. The van der Waals surface area contributed by atoms with Crippen LogP contribution in [0.1, 0.15) is 17.7 Å². The molecule has 0 aliphatic carbocycles. The van der Waals surface area contributed by atoms with Gasteiger partial charge in [-0.3, -0.25) is 4.79 Å². The molecule has 0 saturated carbocycles. The lowest BCUT2D eigenvalue weighted by Crippen LogP contribution is -2.49. The summed E-state index contributed by atoms with van der Waals surface area (Å²) in [5.74, 6) is 0.904. The molecule has 0 unspecified atom stereocenters. The first-order valence-electron chi connectivity index (χ1n) is 8.87. The molecule has 1 fully saturated rings. The van der Waals surface area contributed by atoms with E-state index in [0.717, 1.165) is 5.56 Å². The highest BCUT2D eigenvalue weighted by Crippen LogP contribution is 2.18. The topological polar surface area (TPSA) is 95.8 Å². The molecule has 8 nitrogen and oxygen atoms in total. The first-order valence-corrected chi connectivity index (χ1v) is 10.3. The largest absolute Gasteiger partial charge is 0.360 e. The second-order valence-corrected chi connectivity index (χ2v) is 8.62. The van der Waals surface area contributed by atoms with Crippen LogP contribution in [0.5, 0.6) is 0 Å². The van der Waals surface area contributed by atoms with Crippen LogP contribution in [0.25, 0.3) is 0 Å². The van der Waals surface area contributed by atoms with E-state index < -0.39 is 10.0 Å². The summed E-state index contributed by atoms with van der Waals surface area (Å²) in [6, 6.07) is 8.62. The van der Waals surface area contributed by atoms with E-state index >= 15 is 0 Å². The Morgan fingerprint density at radius 1 is 1.19 bits per heavy atom. The summed E-state index contributed by atoms with van der Waals surface area (Å²) in [6.45, 7) is 6.24. The molecule has 1 aliphatic rings. The highest BCUT2D eigenvalue weighted by atomic mass is 32.2. The molecule has 0 bridgehead atoms. The number of piperazine rings is 1. The van der Waals surface area contributed by atoms with Crippen molar-refractivity contribution in [2.24, 2.45) is 0 Å². The SMILES string of the molecule is Cc1cccc(S(=O)(=O)N2CCN(CCC(=O)Nc3cc(C)on3)CC2)c1. The predicted octanol–water partition coefficient (Wildman–Crippen LogP) is 1.63. The lowest BCUT2D eigenvalue weighted by Gasteiger charge is -2.33. The number of aromatic nitrogens is 1. The van der Waals surface area contributed by atoms with Crippen LogP contribution in [0.3, 0.4) is 0 Å². The quantitative estimate of drug-likeness (QED) is 0.803. The van der Waals surface area contributed by atoms with Crippen LogP contribution in [0.2, 0.25) is 0 Å². The molecular formula is C18H24N4O4S. The Kier molecular flexibility index (Phi) is 5.93. The van der Waals surface area contributed by atoms with Crippen molar-refractivity contribution in [1.29, 1.82) is 0 Å². The average Bonchev–Trinajstić information content (AvgIpc) is 3.05. The zero-order valence-corrected chi connectivity index (χ0v) is 16.3.